The van der Waals surface area contributed by atoms with E-state index in [1.807, 2.05) is 0 Å². The molecular weight excluding hydrogens is 1040 g/mol. The van der Waals surface area contributed by atoms with Gasteiger partial charge in [0.1, 0.15) is 69.0 Å². The van der Waals surface area contributed by atoms with Crippen molar-refractivity contribution in [2.24, 2.45) is 0 Å². The molecule has 0 N–H and O–H groups in total. The fourth-order valence-electron chi connectivity index (χ4n) is 13.5. The van der Waals surface area contributed by atoms with Gasteiger partial charge < -0.3 is 28.4 Å². The van der Waals surface area contributed by atoms with Gasteiger partial charge in [0.2, 0.25) is 0 Å². The highest BCUT2D eigenvalue weighted by molar-refractivity contribution is 6.99. The Labute approximate surface area is 491 Å². The van der Waals surface area contributed by atoms with Crippen LogP contribution in [-0.4, -0.2) is 35.1 Å². The zero-order valence-corrected chi connectivity index (χ0v) is 49.4. The minimum atomic E-state index is -0.178. The Hall–Kier alpha value is -9.02. The van der Waals surface area contributed by atoms with E-state index >= 15 is 0 Å². The average Bonchev–Trinajstić information content (AvgIpc) is 1.10. The van der Waals surface area contributed by atoms with Crippen LogP contribution in [0.3, 0.4) is 0 Å². The molecule has 0 spiro atoms. The minimum absolute atomic E-state index is 0.0903. The Morgan fingerprint density at radius 2 is 0.476 bits per heavy atom. The third kappa shape index (κ3) is 7.89. The molecule has 9 nitrogen and oxygen atoms in total. The summed E-state index contributed by atoms with van der Waals surface area (Å²) in [4.78, 5) is 16.5. The molecule has 7 heterocycles. The second kappa shape index (κ2) is 17.5. The first kappa shape index (κ1) is 50.7. The van der Waals surface area contributed by atoms with Gasteiger partial charge in [0.05, 0.1) is 0 Å². The molecule has 0 bridgehead atoms. The highest BCUT2D eigenvalue weighted by Gasteiger charge is 2.45. The van der Waals surface area contributed by atoms with Gasteiger partial charge >= 0.3 is 0 Å². The molecule has 16 rings (SSSR count). The lowest BCUT2D eigenvalue weighted by molar-refractivity contribution is 0.463. The van der Waals surface area contributed by atoms with Crippen LogP contribution in [0.25, 0.3) is 34.2 Å². The second-order valence-electron chi connectivity index (χ2n) is 27.0. The Morgan fingerprint density at radius 3 is 0.702 bits per heavy atom. The van der Waals surface area contributed by atoms with Crippen molar-refractivity contribution >= 4 is 69.3 Å². The third-order valence-corrected chi connectivity index (χ3v) is 17.9. The van der Waals surface area contributed by atoms with Gasteiger partial charge in [-0.05, 0) is 194 Å². The number of fused-ring (bicyclic) bond motifs is 12. The average molecular weight is 1100 g/mol. The Balaban J connectivity index is 0.899. The molecule has 12 heteroatoms. The van der Waals surface area contributed by atoms with Crippen LogP contribution in [-0.2, 0) is 16.2 Å². The summed E-state index contributed by atoms with van der Waals surface area (Å²) >= 11 is 0. The van der Waals surface area contributed by atoms with Crippen LogP contribution in [0.4, 0.5) is 0 Å². The normalized spacial score (nSPS) is 14.2. The van der Waals surface area contributed by atoms with Gasteiger partial charge in [-0.15, -0.1) is 0 Å². The number of aryl methyl sites for hydroxylation is 3. The number of ether oxygens (including phenoxy) is 6. The highest BCUT2D eigenvalue weighted by Crippen LogP contribution is 2.42. The lowest BCUT2D eigenvalue weighted by Gasteiger charge is -2.34. The maximum absolute atomic E-state index is 6.86. The maximum Gasteiger partial charge on any atom is 0.260 e. The van der Waals surface area contributed by atoms with E-state index in [2.05, 4.69) is 229 Å². The summed E-state index contributed by atoms with van der Waals surface area (Å²) in [5.41, 5.74) is 18.5. The largest absolute Gasteiger partial charge is 0.458 e. The quantitative estimate of drug-likeness (QED) is 0.160. The Bertz CT molecular complexity index is 4070. The van der Waals surface area contributed by atoms with Gasteiger partial charge in [0.25, 0.3) is 20.1 Å². The monoisotopic (exact) mass is 1100 g/mol. The number of rotatable bonds is 3. The SMILES string of the molecule is Cc1cc2c3c(c1)Oc1ccc(C(C)(C)C)cc1B3c1cc(-c3nc(-c4ccc5c(c4)B4c6cc(C(C)(C)C)ccc6Oc6cc(C)cc(c64)O5)nc(-c4ccc5c(c4)B4c6cc(C(C)(C)C)ccc6Oc6cc(C)cc(c64)O5)n3)ccc1O2. The van der Waals surface area contributed by atoms with E-state index < -0.39 is 0 Å². The van der Waals surface area contributed by atoms with Gasteiger partial charge in [-0.2, -0.15) is 0 Å². The summed E-state index contributed by atoms with van der Waals surface area (Å²) in [6, 6.07) is 51.7. The number of aromatic nitrogens is 3. The first-order valence-electron chi connectivity index (χ1n) is 29.3. The fourth-order valence-corrected chi connectivity index (χ4v) is 13.5. The molecule has 1 aromatic heterocycles. The molecule has 0 atom stereocenters. The van der Waals surface area contributed by atoms with Crippen LogP contribution in [0.2, 0.25) is 0 Å². The van der Waals surface area contributed by atoms with Gasteiger partial charge in [-0.25, -0.2) is 15.0 Å². The number of hydrogen-bond donors (Lipinski definition) is 0. The van der Waals surface area contributed by atoms with Crippen LogP contribution in [0.5, 0.6) is 69.0 Å². The molecule has 0 radical (unpaired) electrons. The predicted octanol–water partition coefficient (Wildman–Crippen LogP) is 11.9. The van der Waals surface area contributed by atoms with Gasteiger partial charge in [0, 0.05) is 33.1 Å². The van der Waals surface area contributed by atoms with Crippen molar-refractivity contribution in [1.29, 1.82) is 0 Å². The summed E-state index contributed by atoms with van der Waals surface area (Å²) in [6.07, 6.45) is 0. The molecule has 0 saturated carbocycles. The summed E-state index contributed by atoms with van der Waals surface area (Å²) in [5, 5.41) is 0. The second-order valence-corrected chi connectivity index (χ2v) is 27.0. The number of nitrogens with zero attached hydrogens (tertiary/aromatic N) is 3. The molecule has 0 unspecified atom stereocenters. The van der Waals surface area contributed by atoms with E-state index in [-0.39, 0.29) is 36.4 Å². The lowest BCUT2D eigenvalue weighted by Crippen LogP contribution is -2.57. The van der Waals surface area contributed by atoms with Crippen molar-refractivity contribution in [3.63, 3.8) is 0 Å². The fraction of sp³-hybridized carbons (Fsp3) is 0.208. The molecule has 0 fully saturated rings. The molecule has 408 valence electrons. The number of benzene rings is 9. The van der Waals surface area contributed by atoms with E-state index in [1.54, 1.807) is 0 Å². The van der Waals surface area contributed by atoms with Gasteiger partial charge in [-0.1, -0.05) is 117 Å². The van der Waals surface area contributed by atoms with Crippen molar-refractivity contribution in [2.75, 3.05) is 0 Å². The molecule has 0 aliphatic carbocycles. The number of hydrogen-bond acceptors (Lipinski definition) is 9. The van der Waals surface area contributed by atoms with E-state index in [0.29, 0.717) is 17.5 Å². The zero-order valence-electron chi connectivity index (χ0n) is 49.4. The van der Waals surface area contributed by atoms with Crippen molar-refractivity contribution in [3.8, 4) is 103 Å². The summed E-state index contributed by atoms with van der Waals surface area (Å²) in [7, 11) is 0. The van der Waals surface area contributed by atoms with Gasteiger partial charge in [-0.3, -0.25) is 0 Å². The molecule has 6 aliphatic rings. The molecular formula is C72H60B3N3O6. The van der Waals surface area contributed by atoms with Crippen LogP contribution < -0.4 is 77.6 Å². The van der Waals surface area contributed by atoms with E-state index in [9.17, 15) is 0 Å². The first-order chi connectivity index (χ1) is 40.1. The zero-order chi connectivity index (χ0) is 57.6. The van der Waals surface area contributed by atoms with Gasteiger partial charge in [0.15, 0.2) is 17.5 Å². The van der Waals surface area contributed by atoms with Crippen LogP contribution in [0.15, 0.2) is 146 Å². The van der Waals surface area contributed by atoms with Crippen LogP contribution in [0.1, 0.15) is 95.7 Å². The Morgan fingerprint density at radius 1 is 0.262 bits per heavy atom. The minimum Gasteiger partial charge on any atom is -0.458 e. The predicted molar refractivity (Wildman–Crippen MR) is 340 cm³/mol. The molecule has 0 amide bonds. The first-order valence-corrected chi connectivity index (χ1v) is 29.3. The van der Waals surface area contributed by atoms with Crippen LogP contribution in [0, 0.1) is 20.8 Å². The van der Waals surface area contributed by atoms with E-state index in [1.165, 1.54) is 16.7 Å². The van der Waals surface area contributed by atoms with Crippen molar-refractivity contribution in [2.45, 2.75) is 99.3 Å². The third-order valence-electron chi connectivity index (χ3n) is 17.9. The molecule has 0 saturated heterocycles. The van der Waals surface area contributed by atoms with E-state index in [0.717, 1.165) is 152 Å². The molecule has 84 heavy (non-hydrogen) atoms. The summed E-state index contributed by atoms with van der Waals surface area (Å²) in [6.45, 7) is 26.0. The topological polar surface area (TPSA) is 94.1 Å². The summed E-state index contributed by atoms with van der Waals surface area (Å²) < 4.78 is 40.8. The Kier molecular flexibility index (Phi) is 10.6. The standard InChI is InChI=1S/C72H60B3N3O6/c1-37-25-58-64-61(28-37)82-55-22-16-43(70(4,5)6)34-49(55)73(64)46-31-40(13-19-52(46)79-58)67-76-68(41-14-20-53-47(32-41)74-50-35-44(71(7,8)9)17-23-56(50)83-62-29-38(2)26-59(80-53)65(62)74)78-69(77-67)42-15-21-54-48(33-42)75-51-36-45(72(10,11)12)18-24-57(51)84-63-30-39(3)27-60(81-54)66(63)75/h13-36H,1-12H3. The lowest BCUT2D eigenvalue weighted by atomic mass is 9.34. The molecule has 6 aliphatic heterocycles. The van der Waals surface area contributed by atoms with Crippen molar-refractivity contribution < 1.29 is 28.4 Å². The van der Waals surface area contributed by atoms with Crippen LogP contribution >= 0.6 is 0 Å². The van der Waals surface area contributed by atoms with E-state index in [4.69, 9.17) is 43.4 Å². The summed E-state index contributed by atoms with van der Waals surface area (Å²) in [5.74, 6) is 11.3. The maximum atomic E-state index is 6.86. The van der Waals surface area contributed by atoms with Crippen molar-refractivity contribution in [3.05, 3.63) is 179 Å². The molecule has 10 aromatic rings. The molecule has 9 aromatic carbocycles. The smallest absolute Gasteiger partial charge is 0.260 e. The van der Waals surface area contributed by atoms with Crippen molar-refractivity contribution in [1.82, 2.24) is 15.0 Å². The highest BCUT2D eigenvalue weighted by atomic mass is 16.5.